The SMILES string of the molecule is NC1=NN(c2cccc(Cl)n2)CC1. The van der Waals surface area contributed by atoms with Crippen molar-refractivity contribution in [3.8, 4) is 0 Å². The third-order valence-corrected chi connectivity index (χ3v) is 2.00. The Hall–Kier alpha value is -1.29. The number of aromatic nitrogens is 1. The summed E-state index contributed by atoms with van der Waals surface area (Å²) < 4.78 is 0. The van der Waals surface area contributed by atoms with Gasteiger partial charge in [-0.3, -0.25) is 0 Å². The molecule has 2 N–H and O–H groups in total. The second-order valence-corrected chi connectivity index (χ2v) is 3.17. The summed E-state index contributed by atoms with van der Waals surface area (Å²) in [5, 5.41) is 6.33. The molecule has 0 saturated heterocycles. The van der Waals surface area contributed by atoms with E-state index in [0.717, 1.165) is 18.8 Å². The maximum Gasteiger partial charge on any atom is 0.150 e. The molecule has 0 saturated carbocycles. The van der Waals surface area contributed by atoms with Gasteiger partial charge in [0.1, 0.15) is 11.0 Å². The summed E-state index contributed by atoms with van der Waals surface area (Å²) >= 11 is 5.74. The minimum absolute atomic E-state index is 0.471. The van der Waals surface area contributed by atoms with E-state index in [0.29, 0.717) is 11.0 Å². The van der Waals surface area contributed by atoms with Gasteiger partial charge in [-0.25, -0.2) is 9.99 Å². The van der Waals surface area contributed by atoms with Crippen LogP contribution in [0.5, 0.6) is 0 Å². The average molecular weight is 197 g/mol. The molecule has 0 radical (unpaired) electrons. The van der Waals surface area contributed by atoms with Crippen LogP contribution in [0.4, 0.5) is 5.82 Å². The Morgan fingerprint density at radius 2 is 2.31 bits per heavy atom. The lowest BCUT2D eigenvalue weighted by molar-refractivity contribution is 0.896. The van der Waals surface area contributed by atoms with Crippen molar-refractivity contribution in [2.24, 2.45) is 10.8 Å². The molecule has 0 aromatic carbocycles. The highest BCUT2D eigenvalue weighted by Gasteiger charge is 2.14. The number of hydrogen-bond donors (Lipinski definition) is 1. The second kappa shape index (κ2) is 3.22. The Balaban J connectivity index is 2.26. The van der Waals surface area contributed by atoms with Gasteiger partial charge < -0.3 is 5.73 Å². The van der Waals surface area contributed by atoms with Gasteiger partial charge in [0.25, 0.3) is 0 Å². The molecule has 1 aliphatic heterocycles. The fourth-order valence-corrected chi connectivity index (χ4v) is 1.34. The van der Waals surface area contributed by atoms with Crippen LogP contribution in [-0.4, -0.2) is 17.4 Å². The van der Waals surface area contributed by atoms with E-state index in [2.05, 4.69) is 10.1 Å². The van der Waals surface area contributed by atoms with Gasteiger partial charge in [-0.2, -0.15) is 5.10 Å². The smallest absolute Gasteiger partial charge is 0.150 e. The number of hydrazone groups is 1. The molecule has 0 spiro atoms. The van der Waals surface area contributed by atoms with Crippen LogP contribution in [0.2, 0.25) is 5.15 Å². The van der Waals surface area contributed by atoms with Crippen molar-refractivity contribution in [3.05, 3.63) is 23.4 Å². The summed E-state index contributed by atoms with van der Waals surface area (Å²) in [7, 11) is 0. The third kappa shape index (κ3) is 1.72. The van der Waals surface area contributed by atoms with Crippen LogP contribution in [0.25, 0.3) is 0 Å². The minimum atomic E-state index is 0.471. The molecule has 2 heterocycles. The largest absolute Gasteiger partial charge is 0.386 e. The monoisotopic (exact) mass is 196 g/mol. The summed E-state index contributed by atoms with van der Waals surface area (Å²) in [4.78, 5) is 4.12. The Kier molecular flexibility index (Phi) is 2.06. The van der Waals surface area contributed by atoms with Crippen LogP contribution in [-0.2, 0) is 0 Å². The van der Waals surface area contributed by atoms with Crippen molar-refractivity contribution in [2.45, 2.75) is 6.42 Å². The van der Waals surface area contributed by atoms with E-state index in [-0.39, 0.29) is 0 Å². The number of amidine groups is 1. The molecule has 1 aromatic rings. The highest BCUT2D eigenvalue weighted by molar-refractivity contribution is 6.29. The number of nitrogens with two attached hydrogens (primary N) is 1. The standard InChI is InChI=1S/C8H9ClN4/c9-6-2-1-3-8(11-6)13-5-4-7(10)12-13/h1-3H,4-5H2,(H2,10,12). The van der Waals surface area contributed by atoms with Gasteiger partial charge in [-0.15, -0.1) is 0 Å². The van der Waals surface area contributed by atoms with Gasteiger partial charge in [0, 0.05) is 6.42 Å². The van der Waals surface area contributed by atoms with Crippen LogP contribution < -0.4 is 10.7 Å². The first-order valence-corrected chi connectivity index (χ1v) is 4.36. The van der Waals surface area contributed by atoms with Gasteiger partial charge >= 0.3 is 0 Å². The first-order valence-electron chi connectivity index (χ1n) is 3.99. The van der Waals surface area contributed by atoms with Crippen molar-refractivity contribution < 1.29 is 0 Å². The predicted molar refractivity (Wildman–Crippen MR) is 52.8 cm³/mol. The van der Waals surface area contributed by atoms with E-state index >= 15 is 0 Å². The molecule has 1 aromatic heterocycles. The van der Waals surface area contributed by atoms with E-state index in [9.17, 15) is 0 Å². The molecular weight excluding hydrogens is 188 g/mol. The first kappa shape index (κ1) is 8.31. The molecule has 0 amide bonds. The maximum atomic E-state index is 5.74. The molecule has 0 aliphatic carbocycles. The molecule has 0 unspecified atom stereocenters. The van der Waals surface area contributed by atoms with Crippen LogP contribution in [0, 0.1) is 0 Å². The number of rotatable bonds is 1. The summed E-state index contributed by atoms with van der Waals surface area (Å²) in [5.41, 5.74) is 5.55. The van der Waals surface area contributed by atoms with Crippen LogP contribution in [0.3, 0.4) is 0 Å². The van der Waals surface area contributed by atoms with Gasteiger partial charge in [0.15, 0.2) is 5.82 Å². The summed E-state index contributed by atoms with van der Waals surface area (Å²) in [5.74, 6) is 1.38. The van der Waals surface area contributed by atoms with Crippen molar-refractivity contribution in [3.63, 3.8) is 0 Å². The predicted octanol–water partition coefficient (Wildman–Crippen LogP) is 1.22. The molecular formula is C8H9ClN4. The lowest BCUT2D eigenvalue weighted by Crippen LogP contribution is -2.13. The van der Waals surface area contributed by atoms with E-state index in [1.807, 2.05) is 12.1 Å². The summed E-state index contributed by atoms with van der Waals surface area (Å²) in [6.45, 7) is 0.777. The van der Waals surface area contributed by atoms with E-state index in [1.54, 1.807) is 11.1 Å². The second-order valence-electron chi connectivity index (χ2n) is 2.78. The number of anilines is 1. The molecule has 5 heteroatoms. The maximum absolute atomic E-state index is 5.74. The summed E-state index contributed by atoms with van der Waals surface area (Å²) in [6.07, 6.45) is 0.786. The van der Waals surface area contributed by atoms with Crippen molar-refractivity contribution in [1.82, 2.24) is 4.98 Å². The zero-order valence-corrected chi connectivity index (χ0v) is 7.70. The Bertz CT molecular complexity index is 350. The van der Waals surface area contributed by atoms with Crippen molar-refractivity contribution >= 4 is 23.3 Å². The minimum Gasteiger partial charge on any atom is -0.386 e. The Morgan fingerprint density at radius 3 is 2.92 bits per heavy atom. The van der Waals surface area contributed by atoms with E-state index in [1.165, 1.54) is 0 Å². The van der Waals surface area contributed by atoms with Gasteiger partial charge in [0.05, 0.1) is 6.54 Å². The van der Waals surface area contributed by atoms with Crippen molar-refractivity contribution in [1.29, 1.82) is 0 Å². The molecule has 2 rings (SSSR count). The molecule has 0 bridgehead atoms. The van der Waals surface area contributed by atoms with E-state index < -0.39 is 0 Å². The quantitative estimate of drug-likeness (QED) is 0.688. The topological polar surface area (TPSA) is 54.5 Å². The zero-order chi connectivity index (χ0) is 9.26. The highest BCUT2D eigenvalue weighted by Crippen LogP contribution is 2.17. The first-order chi connectivity index (χ1) is 6.25. The Morgan fingerprint density at radius 1 is 1.46 bits per heavy atom. The lowest BCUT2D eigenvalue weighted by atomic mass is 10.4. The number of pyridine rings is 1. The third-order valence-electron chi connectivity index (χ3n) is 1.79. The number of hydrogen-bond acceptors (Lipinski definition) is 4. The van der Waals surface area contributed by atoms with Gasteiger partial charge in [0.2, 0.25) is 0 Å². The van der Waals surface area contributed by atoms with Crippen LogP contribution >= 0.6 is 11.6 Å². The Labute approximate surface area is 81.0 Å². The normalized spacial score (nSPS) is 16.1. The molecule has 68 valence electrons. The van der Waals surface area contributed by atoms with Crippen LogP contribution in [0.15, 0.2) is 23.3 Å². The van der Waals surface area contributed by atoms with Gasteiger partial charge in [-0.1, -0.05) is 17.7 Å². The molecule has 13 heavy (non-hydrogen) atoms. The average Bonchev–Trinajstić information content (AvgIpc) is 2.52. The molecule has 0 atom stereocenters. The molecule has 0 fully saturated rings. The fourth-order valence-electron chi connectivity index (χ4n) is 1.18. The van der Waals surface area contributed by atoms with Crippen LogP contribution in [0.1, 0.15) is 6.42 Å². The molecule has 4 nitrogen and oxygen atoms in total. The summed E-state index contributed by atoms with van der Waals surface area (Å²) in [6, 6.07) is 5.43. The lowest BCUT2D eigenvalue weighted by Gasteiger charge is -2.11. The number of halogens is 1. The van der Waals surface area contributed by atoms with Gasteiger partial charge in [-0.05, 0) is 12.1 Å². The fraction of sp³-hybridized carbons (Fsp3) is 0.250. The van der Waals surface area contributed by atoms with Crippen molar-refractivity contribution in [2.75, 3.05) is 11.6 Å². The zero-order valence-electron chi connectivity index (χ0n) is 6.94. The van der Waals surface area contributed by atoms with E-state index in [4.69, 9.17) is 17.3 Å². The number of nitrogens with zero attached hydrogens (tertiary/aromatic N) is 3. The molecule has 1 aliphatic rings. The highest BCUT2D eigenvalue weighted by atomic mass is 35.5.